The van der Waals surface area contributed by atoms with Gasteiger partial charge in [0.25, 0.3) is 11.8 Å². The Hall–Kier alpha value is -2.02. The van der Waals surface area contributed by atoms with E-state index >= 15 is 0 Å². The number of sulfone groups is 1. The van der Waals surface area contributed by atoms with Crippen molar-refractivity contribution < 1.29 is 22.8 Å². The van der Waals surface area contributed by atoms with E-state index < -0.39 is 14.6 Å². The average molecular weight is 394 g/mol. The van der Waals surface area contributed by atoms with Gasteiger partial charge in [-0.25, -0.2) is 8.42 Å². The molecule has 1 heterocycles. The van der Waals surface area contributed by atoms with Crippen LogP contribution in [-0.4, -0.2) is 48.5 Å². The van der Waals surface area contributed by atoms with Gasteiger partial charge in [0, 0.05) is 19.9 Å². The number of carbonyl (C=O) groups is 3. The lowest BCUT2D eigenvalue weighted by Gasteiger charge is -2.18. The molecule has 2 rings (SSSR count). The van der Waals surface area contributed by atoms with Gasteiger partial charge in [-0.3, -0.25) is 19.3 Å². The summed E-state index contributed by atoms with van der Waals surface area (Å²) in [6, 6.07) is 4.92. The summed E-state index contributed by atoms with van der Waals surface area (Å²) < 4.78 is 23.3. The van der Waals surface area contributed by atoms with E-state index in [0.29, 0.717) is 42.4 Å². The number of hydrogen-bond acceptors (Lipinski definition) is 5. The Morgan fingerprint density at radius 1 is 1.00 bits per heavy atom. The summed E-state index contributed by atoms with van der Waals surface area (Å²) in [6.07, 6.45) is 2.46. The summed E-state index contributed by atoms with van der Waals surface area (Å²) in [5.41, 5.74) is 1.43. The average Bonchev–Trinajstić information content (AvgIpc) is 2.78. The molecule has 2 amide bonds. The first-order chi connectivity index (χ1) is 12.4. The quantitative estimate of drug-likeness (QED) is 0.500. The molecule has 148 valence electrons. The van der Waals surface area contributed by atoms with Crippen molar-refractivity contribution in [3.63, 3.8) is 0 Å². The van der Waals surface area contributed by atoms with Crippen molar-refractivity contribution in [2.24, 2.45) is 0 Å². The van der Waals surface area contributed by atoms with E-state index in [1.807, 2.05) is 0 Å². The van der Waals surface area contributed by atoms with Crippen molar-refractivity contribution >= 4 is 27.4 Å². The smallest absolute Gasteiger partial charge is 0.261 e. The van der Waals surface area contributed by atoms with Gasteiger partial charge in [0.15, 0.2) is 9.84 Å². The summed E-state index contributed by atoms with van der Waals surface area (Å²) in [5.74, 6) is -0.486. The van der Waals surface area contributed by atoms with E-state index in [1.54, 1.807) is 39.0 Å². The highest BCUT2D eigenvalue weighted by Crippen LogP contribution is 2.23. The number of fused-ring (bicyclic) bond motifs is 1. The molecule has 0 bridgehead atoms. The molecule has 0 saturated heterocycles. The van der Waals surface area contributed by atoms with Gasteiger partial charge in [0.1, 0.15) is 5.78 Å². The number of imide groups is 1. The molecular weight excluding hydrogens is 366 g/mol. The Bertz CT molecular complexity index is 865. The monoisotopic (exact) mass is 393 g/mol. The van der Waals surface area contributed by atoms with E-state index in [9.17, 15) is 22.8 Å². The van der Waals surface area contributed by atoms with Crippen molar-refractivity contribution in [1.29, 1.82) is 0 Å². The fraction of sp³-hybridized carbons (Fsp3) is 0.550. The van der Waals surface area contributed by atoms with Gasteiger partial charge >= 0.3 is 0 Å². The minimum Gasteiger partial charge on any atom is -0.299 e. The SMILES string of the molecule is CN1C(=O)c2ccc(CC(=O)CCCCCS(=O)(=O)C(C)(C)C)cc2C1=O. The number of rotatable bonds is 8. The molecule has 0 radical (unpaired) electrons. The first-order valence-corrected chi connectivity index (χ1v) is 10.8. The molecule has 0 unspecified atom stereocenters. The Morgan fingerprint density at radius 2 is 1.63 bits per heavy atom. The van der Waals surface area contributed by atoms with E-state index in [0.717, 1.165) is 4.90 Å². The topological polar surface area (TPSA) is 88.6 Å². The molecule has 0 N–H and O–H groups in total. The van der Waals surface area contributed by atoms with Crippen molar-refractivity contribution in [1.82, 2.24) is 4.90 Å². The first-order valence-electron chi connectivity index (χ1n) is 9.13. The lowest BCUT2D eigenvalue weighted by atomic mass is 10.00. The van der Waals surface area contributed by atoms with Crippen LogP contribution in [0.4, 0.5) is 0 Å². The van der Waals surface area contributed by atoms with Gasteiger partial charge in [0.05, 0.1) is 21.6 Å². The summed E-state index contributed by atoms with van der Waals surface area (Å²) in [6.45, 7) is 5.08. The lowest BCUT2D eigenvalue weighted by Crippen LogP contribution is -2.30. The molecule has 0 spiro atoms. The van der Waals surface area contributed by atoms with E-state index in [2.05, 4.69) is 0 Å². The van der Waals surface area contributed by atoms with Gasteiger partial charge in [-0.15, -0.1) is 0 Å². The second-order valence-corrected chi connectivity index (χ2v) is 10.9. The predicted octanol–water partition coefficient (Wildman–Crippen LogP) is 2.80. The molecule has 0 aromatic heterocycles. The summed E-state index contributed by atoms with van der Waals surface area (Å²) in [4.78, 5) is 37.1. The number of unbranched alkanes of at least 4 members (excludes halogenated alkanes) is 2. The van der Waals surface area contributed by atoms with Crippen molar-refractivity contribution in [2.75, 3.05) is 12.8 Å². The van der Waals surface area contributed by atoms with Crippen molar-refractivity contribution in [3.05, 3.63) is 34.9 Å². The Balaban J connectivity index is 1.81. The zero-order valence-electron chi connectivity index (χ0n) is 16.4. The van der Waals surface area contributed by atoms with Crippen LogP contribution in [0.15, 0.2) is 18.2 Å². The summed E-state index contributed by atoms with van der Waals surface area (Å²) >= 11 is 0. The molecule has 1 aromatic rings. The molecular formula is C20H27NO5S. The van der Waals surface area contributed by atoms with Crippen LogP contribution in [-0.2, 0) is 21.1 Å². The van der Waals surface area contributed by atoms with Gasteiger partial charge in [0.2, 0.25) is 0 Å². The van der Waals surface area contributed by atoms with Crippen LogP contribution in [0.3, 0.4) is 0 Å². The van der Waals surface area contributed by atoms with Crippen LogP contribution in [0.25, 0.3) is 0 Å². The zero-order valence-corrected chi connectivity index (χ0v) is 17.2. The third kappa shape index (κ3) is 4.83. The third-order valence-corrected chi connectivity index (χ3v) is 7.55. The van der Waals surface area contributed by atoms with Crippen molar-refractivity contribution in [3.8, 4) is 0 Å². The van der Waals surface area contributed by atoms with E-state index in [1.165, 1.54) is 7.05 Å². The standard InChI is InChI=1S/C20H27NO5S/c1-20(2,3)27(25,26)11-7-5-6-8-15(22)12-14-9-10-16-17(13-14)19(24)21(4)18(16)23/h9-10,13H,5-8,11-12H2,1-4H3. The minimum atomic E-state index is -3.12. The number of nitrogens with zero attached hydrogens (tertiary/aromatic N) is 1. The molecule has 0 atom stereocenters. The van der Waals surface area contributed by atoms with Crippen LogP contribution < -0.4 is 0 Å². The largest absolute Gasteiger partial charge is 0.299 e. The minimum absolute atomic E-state index is 0.0405. The highest BCUT2D eigenvalue weighted by atomic mass is 32.2. The predicted molar refractivity (Wildman–Crippen MR) is 104 cm³/mol. The third-order valence-electron chi connectivity index (χ3n) is 4.86. The molecule has 0 aliphatic carbocycles. The maximum Gasteiger partial charge on any atom is 0.261 e. The fourth-order valence-corrected chi connectivity index (χ4v) is 4.13. The maximum absolute atomic E-state index is 12.2. The summed E-state index contributed by atoms with van der Waals surface area (Å²) in [7, 11) is -1.68. The number of Topliss-reactive ketones (excluding diaryl/α,β-unsaturated/α-hetero) is 1. The molecule has 1 aliphatic heterocycles. The van der Waals surface area contributed by atoms with Crippen LogP contribution in [0, 0.1) is 0 Å². The number of ketones is 1. The zero-order chi connectivity index (χ0) is 20.4. The van der Waals surface area contributed by atoms with Gasteiger partial charge in [-0.05, 0) is 51.3 Å². The molecule has 6 nitrogen and oxygen atoms in total. The van der Waals surface area contributed by atoms with Gasteiger partial charge in [-0.1, -0.05) is 12.5 Å². The molecule has 0 saturated carbocycles. The fourth-order valence-electron chi connectivity index (χ4n) is 2.93. The van der Waals surface area contributed by atoms with Crippen LogP contribution >= 0.6 is 0 Å². The lowest BCUT2D eigenvalue weighted by molar-refractivity contribution is -0.118. The van der Waals surface area contributed by atoms with Crippen LogP contribution in [0.1, 0.15) is 72.7 Å². The Labute approximate surface area is 160 Å². The van der Waals surface area contributed by atoms with E-state index in [4.69, 9.17) is 0 Å². The van der Waals surface area contributed by atoms with Crippen LogP contribution in [0.5, 0.6) is 0 Å². The number of amides is 2. The van der Waals surface area contributed by atoms with Gasteiger partial charge in [-0.2, -0.15) is 0 Å². The number of carbonyl (C=O) groups excluding carboxylic acids is 3. The first kappa shape index (κ1) is 21.3. The Morgan fingerprint density at radius 3 is 2.26 bits per heavy atom. The van der Waals surface area contributed by atoms with E-state index in [-0.39, 0.29) is 29.8 Å². The molecule has 1 aromatic carbocycles. The molecule has 27 heavy (non-hydrogen) atoms. The normalized spacial score (nSPS) is 14.6. The second-order valence-electron chi connectivity index (χ2n) is 8.01. The van der Waals surface area contributed by atoms with Crippen LogP contribution in [0.2, 0.25) is 0 Å². The molecule has 0 fully saturated rings. The molecule has 1 aliphatic rings. The second kappa shape index (κ2) is 7.92. The highest BCUT2D eigenvalue weighted by Gasteiger charge is 2.32. The Kier molecular flexibility index (Phi) is 6.24. The number of benzene rings is 1. The highest BCUT2D eigenvalue weighted by molar-refractivity contribution is 7.92. The van der Waals surface area contributed by atoms with Crippen molar-refractivity contribution in [2.45, 2.75) is 57.6 Å². The molecule has 7 heteroatoms. The van der Waals surface area contributed by atoms with Gasteiger partial charge < -0.3 is 0 Å². The maximum atomic E-state index is 12.2. The summed E-state index contributed by atoms with van der Waals surface area (Å²) in [5, 5.41) is 0. The number of hydrogen-bond donors (Lipinski definition) is 0.